The Morgan fingerprint density at radius 3 is 2.36 bits per heavy atom. The van der Waals surface area contributed by atoms with E-state index in [9.17, 15) is 4.79 Å². The minimum Gasteiger partial charge on any atom is -0.496 e. The largest absolute Gasteiger partial charge is 0.496 e. The summed E-state index contributed by atoms with van der Waals surface area (Å²) in [6, 6.07) is 8.03. The van der Waals surface area contributed by atoms with Crippen molar-refractivity contribution in [2.24, 2.45) is 23.2 Å². The molecule has 0 saturated heterocycles. The summed E-state index contributed by atoms with van der Waals surface area (Å²) in [6.45, 7) is 2.22. The van der Waals surface area contributed by atoms with Gasteiger partial charge in [0.2, 0.25) is 5.91 Å². The van der Waals surface area contributed by atoms with Gasteiger partial charge in [0, 0.05) is 17.7 Å². The van der Waals surface area contributed by atoms with E-state index in [0.29, 0.717) is 5.41 Å². The van der Waals surface area contributed by atoms with Crippen LogP contribution < -0.4 is 10.1 Å². The molecule has 1 aromatic carbocycles. The number of methoxy groups -OCH3 is 1. The standard InChI is InChI=1S/C22H29NO2/c1-15(22-12-16-9-17(13-22)11-18(10-16)14-22)23-21(24)8-7-19-5-3-4-6-20(19)25-2/h3-8,15-18H,9-14H2,1-2H3,(H,23,24). The molecule has 4 aliphatic carbocycles. The van der Waals surface area contributed by atoms with Crippen molar-refractivity contribution in [2.45, 2.75) is 51.5 Å². The fourth-order valence-corrected chi connectivity index (χ4v) is 6.09. The monoisotopic (exact) mass is 339 g/mol. The molecule has 3 nitrogen and oxygen atoms in total. The Morgan fingerprint density at radius 1 is 1.16 bits per heavy atom. The van der Waals surface area contributed by atoms with Crippen LogP contribution in [0.25, 0.3) is 6.08 Å². The van der Waals surface area contributed by atoms with E-state index in [-0.39, 0.29) is 11.9 Å². The first-order valence-corrected chi connectivity index (χ1v) is 9.69. The SMILES string of the molecule is COc1ccccc1C=CC(=O)NC(C)C12CC3CC(CC(C3)C1)C2. The number of benzene rings is 1. The van der Waals surface area contributed by atoms with E-state index in [2.05, 4.69) is 12.2 Å². The summed E-state index contributed by atoms with van der Waals surface area (Å²) in [7, 11) is 1.65. The molecule has 0 aromatic heterocycles. The average Bonchev–Trinajstić information content (AvgIpc) is 2.59. The van der Waals surface area contributed by atoms with Crippen molar-refractivity contribution in [1.29, 1.82) is 0 Å². The molecule has 4 bridgehead atoms. The van der Waals surface area contributed by atoms with Crippen molar-refractivity contribution in [2.75, 3.05) is 7.11 Å². The van der Waals surface area contributed by atoms with Crippen molar-refractivity contribution in [3.8, 4) is 5.75 Å². The van der Waals surface area contributed by atoms with Crippen LogP contribution in [0.4, 0.5) is 0 Å². The van der Waals surface area contributed by atoms with Gasteiger partial charge in [0.05, 0.1) is 7.11 Å². The highest BCUT2D eigenvalue weighted by Crippen LogP contribution is 2.61. The predicted molar refractivity (Wildman–Crippen MR) is 100 cm³/mol. The van der Waals surface area contributed by atoms with Gasteiger partial charge in [0.25, 0.3) is 0 Å². The van der Waals surface area contributed by atoms with Gasteiger partial charge in [0.15, 0.2) is 0 Å². The molecule has 4 aliphatic rings. The zero-order chi connectivity index (χ0) is 17.4. The molecule has 25 heavy (non-hydrogen) atoms. The number of carbonyl (C=O) groups is 1. The molecule has 4 saturated carbocycles. The summed E-state index contributed by atoms with van der Waals surface area (Å²) in [5.41, 5.74) is 1.28. The van der Waals surface area contributed by atoms with Crippen LogP contribution in [0, 0.1) is 23.2 Å². The summed E-state index contributed by atoms with van der Waals surface area (Å²) in [5.74, 6) is 3.54. The second-order valence-electron chi connectivity index (χ2n) is 8.59. The van der Waals surface area contributed by atoms with E-state index >= 15 is 0 Å². The van der Waals surface area contributed by atoms with Crippen LogP contribution in [-0.4, -0.2) is 19.1 Å². The maximum Gasteiger partial charge on any atom is 0.244 e. The van der Waals surface area contributed by atoms with Gasteiger partial charge < -0.3 is 10.1 Å². The third-order valence-corrected chi connectivity index (χ3v) is 6.92. The van der Waals surface area contributed by atoms with Crippen LogP contribution in [0.1, 0.15) is 51.0 Å². The Balaban J connectivity index is 1.42. The van der Waals surface area contributed by atoms with E-state index in [1.807, 2.05) is 30.3 Å². The second kappa shape index (κ2) is 6.51. The highest BCUT2D eigenvalue weighted by molar-refractivity contribution is 5.92. The molecule has 0 spiro atoms. The zero-order valence-electron chi connectivity index (χ0n) is 15.3. The number of rotatable bonds is 5. The summed E-state index contributed by atoms with van der Waals surface area (Å²) < 4.78 is 5.34. The van der Waals surface area contributed by atoms with Crippen molar-refractivity contribution in [1.82, 2.24) is 5.32 Å². The Hall–Kier alpha value is -1.77. The lowest BCUT2D eigenvalue weighted by molar-refractivity contribution is -0.121. The molecular formula is C22H29NO2. The highest BCUT2D eigenvalue weighted by Gasteiger charge is 2.53. The molecule has 0 heterocycles. The third-order valence-electron chi connectivity index (χ3n) is 6.92. The molecule has 1 unspecified atom stereocenters. The van der Waals surface area contributed by atoms with E-state index in [4.69, 9.17) is 4.74 Å². The van der Waals surface area contributed by atoms with E-state index in [1.165, 1.54) is 38.5 Å². The van der Waals surface area contributed by atoms with Crippen LogP contribution in [0.2, 0.25) is 0 Å². The van der Waals surface area contributed by atoms with Crippen molar-refractivity contribution < 1.29 is 9.53 Å². The lowest BCUT2D eigenvalue weighted by Crippen LogP contribution is -2.55. The maximum atomic E-state index is 12.5. The fraction of sp³-hybridized carbons (Fsp3) is 0.591. The molecule has 134 valence electrons. The molecule has 1 atom stereocenters. The Kier molecular flexibility index (Phi) is 4.35. The Bertz CT molecular complexity index is 643. The molecule has 1 N–H and O–H groups in total. The lowest BCUT2D eigenvalue weighted by atomic mass is 9.48. The first-order valence-electron chi connectivity index (χ1n) is 9.69. The highest BCUT2D eigenvalue weighted by atomic mass is 16.5. The van der Waals surface area contributed by atoms with Gasteiger partial charge >= 0.3 is 0 Å². The van der Waals surface area contributed by atoms with Gasteiger partial charge in [-0.25, -0.2) is 0 Å². The van der Waals surface area contributed by atoms with Gasteiger partial charge in [-0.1, -0.05) is 18.2 Å². The Labute approximate surface area is 150 Å². The van der Waals surface area contributed by atoms with Crippen LogP contribution in [-0.2, 0) is 4.79 Å². The average molecular weight is 339 g/mol. The van der Waals surface area contributed by atoms with E-state index in [1.54, 1.807) is 13.2 Å². The summed E-state index contributed by atoms with van der Waals surface area (Å²) >= 11 is 0. The molecule has 0 aliphatic heterocycles. The molecule has 0 radical (unpaired) electrons. The summed E-state index contributed by atoms with van der Waals surface area (Å²) in [6.07, 6.45) is 11.8. The van der Waals surface area contributed by atoms with Crippen LogP contribution >= 0.6 is 0 Å². The fourth-order valence-electron chi connectivity index (χ4n) is 6.09. The number of nitrogens with one attached hydrogen (secondary N) is 1. The van der Waals surface area contributed by atoms with Gasteiger partial charge in [0.1, 0.15) is 5.75 Å². The number of hydrogen-bond donors (Lipinski definition) is 1. The maximum absolute atomic E-state index is 12.5. The minimum absolute atomic E-state index is 0.00847. The van der Waals surface area contributed by atoms with Crippen molar-refractivity contribution in [3.63, 3.8) is 0 Å². The second-order valence-corrected chi connectivity index (χ2v) is 8.59. The van der Waals surface area contributed by atoms with Gasteiger partial charge in [-0.05, 0) is 80.8 Å². The van der Waals surface area contributed by atoms with E-state index in [0.717, 1.165) is 29.1 Å². The third kappa shape index (κ3) is 3.21. The van der Waals surface area contributed by atoms with Gasteiger partial charge in [-0.2, -0.15) is 0 Å². The zero-order valence-corrected chi connectivity index (χ0v) is 15.3. The molecular weight excluding hydrogens is 310 g/mol. The minimum atomic E-state index is 0.00847. The Morgan fingerprint density at radius 2 is 1.76 bits per heavy atom. The van der Waals surface area contributed by atoms with Gasteiger partial charge in [-0.15, -0.1) is 0 Å². The normalized spacial score (nSPS) is 34.2. The lowest BCUT2D eigenvalue weighted by Gasteiger charge is -2.59. The number of ether oxygens (including phenoxy) is 1. The summed E-state index contributed by atoms with van der Waals surface area (Å²) in [5, 5.41) is 3.28. The molecule has 1 aromatic rings. The van der Waals surface area contributed by atoms with Crippen LogP contribution in [0.3, 0.4) is 0 Å². The first-order chi connectivity index (χ1) is 12.1. The molecule has 1 amide bonds. The van der Waals surface area contributed by atoms with Crippen LogP contribution in [0.5, 0.6) is 5.75 Å². The number of hydrogen-bond acceptors (Lipinski definition) is 2. The smallest absolute Gasteiger partial charge is 0.244 e. The summed E-state index contributed by atoms with van der Waals surface area (Å²) in [4.78, 5) is 12.5. The van der Waals surface area contributed by atoms with Crippen molar-refractivity contribution >= 4 is 12.0 Å². The van der Waals surface area contributed by atoms with Gasteiger partial charge in [-0.3, -0.25) is 4.79 Å². The molecule has 5 rings (SSSR count). The first kappa shape index (κ1) is 16.7. The van der Waals surface area contributed by atoms with Crippen LogP contribution in [0.15, 0.2) is 30.3 Å². The number of para-hydroxylation sites is 1. The van der Waals surface area contributed by atoms with E-state index < -0.39 is 0 Å². The van der Waals surface area contributed by atoms with Crippen molar-refractivity contribution in [3.05, 3.63) is 35.9 Å². The number of carbonyl (C=O) groups excluding carboxylic acids is 1. The molecule has 3 heteroatoms. The molecule has 4 fully saturated rings. The predicted octanol–water partition coefficient (Wildman–Crippen LogP) is 4.43. The quantitative estimate of drug-likeness (QED) is 0.806. The number of amides is 1. The topological polar surface area (TPSA) is 38.3 Å².